The van der Waals surface area contributed by atoms with Crippen molar-refractivity contribution in [1.29, 1.82) is 0 Å². The van der Waals surface area contributed by atoms with E-state index in [9.17, 15) is 9.59 Å². The molecule has 2 aromatic rings. The van der Waals surface area contributed by atoms with Crippen LogP contribution in [-0.4, -0.2) is 28.3 Å². The molecule has 0 saturated heterocycles. The average molecular weight is 288 g/mol. The van der Waals surface area contributed by atoms with Gasteiger partial charge in [0.25, 0.3) is 0 Å². The summed E-state index contributed by atoms with van der Waals surface area (Å²) < 4.78 is 0. The summed E-state index contributed by atoms with van der Waals surface area (Å²) in [4.78, 5) is 27.4. The van der Waals surface area contributed by atoms with Crippen molar-refractivity contribution >= 4 is 45.5 Å². The highest BCUT2D eigenvalue weighted by Gasteiger charge is 2.14. The van der Waals surface area contributed by atoms with Crippen molar-refractivity contribution in [1.82, 2.24) is 10.3 Å². The maximum absolute atomic E-state index is 11.7. The molecule has 1 aromatic carbocycles. The monoisotopic (exact) mass is 288 g/mol. The number of fused-ring (bicyclic) bond motifs is 1. The molecule has 0 aliphatic heterocycles. The maximum atomic E-state index is 11.7. The molecule has 0 saturated carbocycles. The van der Waals surface area contributed by atoms with Gasteiger partial charge in [-0.1, -0.05) is 24.4 Å². The fraction of sp³-hybridized carbons (Fsp3) is 0.0769. The first kappa shape index (κ1) is 13.9. The Balaban J connectivity index is 2.14. The fourth-order valence-electron chi connectivity index (χ4n) is 1.66. The van der Waals surface area contributed by atoms with Crippen molar-refractivity contribution in [2.45, 2.75) is 0 Å². The van der Waals surface area contributed by atoms with Crippen LogP contribution in [0.25, 0.3) is 10.8 Å². The number of pyridine rings is 1. The minimum absolute atomic E-state index is 0.0129. The van der Waals surface area contributed by atoms with Gasteiger partial charge in [0.15, 0.2) is 0 Å². The summed E-state index contributed by atoms with van der Waals surface area (Å²) in [6.45, 7) is -0.0129. The molecule has 4 N–H and O–H groups in total. The minimum Gasteiger partial charge on any atom is -0.392 e. The first-order valence-electron chi connectivity index (χ1n) is 5.78. The summed E-state index contributed by atoms with van der Waals surface area (Å²) in [6.07, 6.45) is 3.29. The predicted octanol–water partition coefficient (Wildman–Crippen LogP) is 0.576. The van der Waals surface area contributed by atoms with Crippen LogP contribution in [0.5, 0.6) is 0 Å². The average Bonchev–Trinajstić information content (AvgIpc) is 2.45. The summed E-state index contributed by atoms with van der Waals surface area (Å²) >= 11 is 4.62. The van der Waals surface area contributed by atoms with Crippen molar-refractivity contribution in [2.24, 2.45) is 5.73 Å². The van der Waals surface area contributed by atoms with Gasteiger partial charge in [-0.3, -0.25) is 14.6 Å². The molecule has 0 aliphatic rings. The Hall–Kier alpha value is -2.54. The number of thiocarbonyl (C=S) groups is 1. The van der Waals surface area contributed by atoms with Gasteiger partial charge in [0.1, 0.15) is 0 Å². The van der Waals surface area contributed by atoms with Crippen LogP contribution < -0.4 is 16.4 Å². The number of nitrogens with one attached hydrogen (secondary N) is 2. The van der Waals surface area contributed by atoms with E-state index in [1.54, 1.807) is 30.6 Å². The van der Waals surface area contributed by atoms with Gasteiger partial charge in [-0.15, -0.1) is 0 Å². The molecular formula is C13H12N4O2S. The number of carbonyl (C=O) groups excluding carboxylic acids is 2. The van der Waals surface area contributed by atoms with Gasteiger partial charge < -0.3 is 16.4 Å². The lowest BCUT2D eigenvalue weighted by Crippen LogP contribution is -2.39. The number of hydrogen-bond acceptors (Lipinski definition) is 4. The Morgan fingerprint density at radius 3 is 2.80 bits per heavy atom. The Labute approximate surface area is 120 Å². The second kappa shape index (κ2) is 6.07. The third kappa shape index (κ3) is 3.27. The van der Waals surface area contributed by atoms with Crippen LogP contribution in [-0.2, 0) is 9.59 Å². The van der Waals surface area contributed by atoms with E-state index in [1.807, 2.05) is 6.07 Å². The van der Waals surface area contributed by atoms with Crippen molar-refractivity contribution in [3.8, 4) is 0 Å². The molecule has 2 amide bonds. The molecule has 102 valence electrons. The van der Waals surface area contributed by atoms with Crippen molar-refractivity contribution in [3.05, 3.63) is 36.7 Å². The number of hydrogen-bond donors (Lipinski definition) is 3. The number of benzene rings is 1. The Kier molecular flexibility index (Phi) is 4.21. The zero-order valence-electron chi connectivity index (χ0n) is 10.4. The van der Waals surface area contributed by atoms with Gasteiger partial charge in [-0.25, -0.2) is 0 Å². The number of amides is 2. The molecule has 0 radical (unpaired) electrons. The van der Waals surface area contributed by atoms with Crippen molar-refractivity contribution in [3.63, 3.8) is 0 Å². The number of anilines is 1. The van der Waals surface area contributed by atoms with Crippen molar-refractivity contribution in [2.75, 3.05) is 11.9 Å². The van der Waals surface area contributed by atoms with Crippen LogP contribution >= 0.6 is 12.2 Å². The van der Waals surface area contributed by atoms with Gasteiger partial charge in [-0.05, 0) is 12.1 Å². The highest BCUT2D eigenvalue weighted by molar-refractivity contribution is 7.80. The standard InChI is InChI=1S/C13H12N4O2S/c14-11(20)7-16-12(18)13(19)17-10-3-1-2-8-6-15-5-4-9(8)10/h1-6H,7H2,(H2,14,20)(H,16,18)(H,17,19). The normalized spacial score (nSPS) is 10.0. The van der Waals surface area contributed by atoms with Gasteiger partial charge in [-0.2, -0.15) is 0 Å². The van der Waals surface area contributed by atoms with E-state index < -0.39 is 11.8 Å². The third-order valence-corrected chi connectivity index (χ3v) is 2.70. The number of carbonyl (C=O) groups is 2. The summed E-state index contributed by atoms with van der Waals surface area (Å²) in [5.41, 5.74) is 5.79. The van der Waals surface area contributed by atoms with Gasteiger partial charge in [0.2, 0.25) is 0 Å². The summed E-state index contributed by atoms with van der Waals surface area (Å²) in [6, 6.07) is 7.11. The molecule has 0 spiro atoms. The highest BCUT2D eigenvalue weighted by Crippen LogP contribution is 2.21. The molecule has 1 heterocycles. The third-order valence-electron chi connectivity index (χ3n) is 2.56. The van der Waals surface area contributed by atoms with E-state index in [1.165, 1.54) is 0 Å². The second-order valence-corrected chi connectivity index (χ2v) is 4.53. The second-order valence-electron chi connectivity index (χ2n) is 4.01. The van der Waals surface area contributed by atoms with E-state index in [0.29, 0.717) is 5.69 Å². The first-order valence-corrected chi connectivity index (χ1v) is 6.19. The molecule has 6 nitrogen and oxygen atoms in total. The van der Waals surface area contributed by atoms with E-state index in [2.05, 4.69) is 27.8 Å². The van der Waals surface area contributed by atoms with Gasteiger partial charge in [0.05, 0.1) is 11.5 Å². The lowest BCUT2D eigenvalue weighted by molar-refractivity contribution is -0.135. The summed E-state index contributed by atoms with van der Waals surface area (Å²) in [5.74, 6) is -1.56. The maximum Gasteiger partial charge on any atom is 0.313 e. The van der Waals surface area contributed by atoms with Gasteiger partial charge in [0, 0.05) is 28.9 Å². The van der Waals surface area contributed by atoms with Crippen LogP contribution in [0.2, 0.25) is 0 Å². The van der Waals surface area contributed by atoms with Crippen LogP contribution in [0.15, 0.2) is 36.7 Å². The zero-order chi connectivity index (χ0) is 14.5. The molecule has 7 heteroatoms. The van der Waals surface area contributed by atoms with E-state index >= 15 is 0 Å². The molecular weight excluding hydrogens is 276 g/mol. The lowest BCUT2D eigenvalue weighted by Gasteiger charge is -2.08. The number of rotatable bonds is 3. The number of nitrogens with two attached hydrogens (primary N) is 1. The number of aromatic nitrogens is 1. The summed E-state index contributed by atoms with van der Waals surface area (Å²) in [7, 11) is 0. The predicted molar refractivity (Wildman–Crippen MR) is 80.2 cm³/mol. The number of nitrogens with zero attached hydrogens (tertiary/aromatic N) is 1. The Morgan fingerprint density at radius 1 is 1.25 bits per heavy atom. The molecule has 2 rings (SSSR count). The topological polar surface area (TPSA) is 97.1 Å². The first-order chi connectivity index (χ1) is 9.58. The molecule has 0 bridgehead atoms. The smallest absolute Gasteiger partial charge is 0.313 e. The van der Waals surface area contributed by atoms with Crippen LogP contribution in [0.3, 0.4) is 0 Å². The largest absolute Gasteiger partial charge is 0.392 e. The highest BCUT2D eigenvalue weighted by atomic mass is 32.1. The van der Waals surface area contributed by atoms with E-state index in [0.717, 1.165) is 10.8 Å². The fourth-order valence-corrected chi connectivity index (χ4v) is 1.73. The molecule has 20 heavy (non-hydrogen) atoms. The molecule has 0 unspecified atom stereocenters. The molecule has 0 aliphatic carbocycles. The molecule has 0 atom stereocenters. The molecule has 0 fully saturated rings. The lowest BCUT2D eigenvalue weighted by atomic mass is 10.1. The Morgan fingerprint density at radius 2 is 2.05 bits per heavy atom. The Bertz CT molecular complexity index is 682. The van der Waals surface area contributed by atoms with Crippen LogP contribution in [0.4, 0.5) is 5.69 Å². The summed E-state index contributed by atoms with van der Waals surface area (Å²) in [5, 5.41) is 6.54. The SMILES string of the molecule is NC(=S)CNC(=O)C(=O)Nc1cccc2cnccc12. The zero-order valence-corrected chi connectivity index (χ0v) is 11.2. The molecule has 1 aromatic heterocycles. The van der Waals surface area contributed by atoms with E-state index in [-0.39, 0.29) is 11.5 Å². The quantitative estimate of drug-likeness (QED) is 0.567. The van der Waals surface area contributed by atoms with Crippen molar-refractivity contribution < 1.29 is 9.59 Å². The van der Waals surface area contributed by atoms with E-state index in [4.69, 9.17) is 5.73 Å². The van der Waals surface area contributed by atoms with Crippen LogP contribution in [0, 0.1) is 0 Å². The van der Waals surface area contributed by atoms with Crippen LogP contribution in [0.1, 0.15) is 0 Å². The minimum atomic E-state index is -0.788. The van der Waals surface area contributed by atoms with Gasteiger partial charge >= 0.3 is 11.8 Å².